The van der Waals surface area contributed by atoms with Gasteiger partial charge in [-0.15, -0.1) is 5.10 Å². The standard InChI is InChI=1S/C26H24N6O4S/c1-17-9-10-19(16-18(17)2)37(34,35)25-24-27-23(20-6-3-4-7-21(20)32(24)29-28-25)30-11-13-31(14-12-30)26(33)22-8-5-15-36-22/h3-10,15-16H,11-14H2,1-2H3. The molecule has 1 aliphatic heterocycles. The Morgan fingerprint density at radius 1 is 0.946 bits per heavy atom. The number of furan rings is 1. The molecule has 0 spiro atoms. The van der Waals surface area contributed by atoms with E-state index >= 15 is 0 Å². The van der Waals surface area contributed by atoms with Gasteiger partial charge in [-0.1, -0.05) is 23.4 Å². The van der Waals surface area contributed by atoms with Gasteiger partial charge >= 0.3 is 0 Å². The summed E-state index contributed by atoms with van der Waals surface area (Å²) >= 11 is 0. The maximum Gasteiger partial charge on any atom is 0.289 e. The lowest BCUT2D eigenvalue weighted by molar-refractivity contribution is 0.0714. The van der Waals surface area contributed by atoms with Crippen molar-refractivity contribution in [2.24, 2.45) is 0 Å². The summed E-state index contributed by atoms with van der Waals surface area (Å²) in [7, 11) is -3.96. The van der Waals surface area contributed by atoms with E-state index in [1.807, 2.05) is 38.1 Å². The monoisotopic (exact) mass is 516 g/mol. The van der Waals surface area contributed by atoms with Crippen LogP contribution in [0, 0.1) is 13.8 Å². The van der Waals surface area contributed by atoms with E-state index in [1.165, 1.54) is 10.8 Å². The van der Waals surface area contributed by atoms with Crippen molar-refractivity contribution in [2.45, 2.75) is 23.8 Å². The summed E-state index contributed by atoms with van der Waals surface area (Å²) in [6.07, 6.45) is 1.48. The molecule has 4 heterocycles. The normalized spacial score (nSPS) is 14.5. The lowest BCUT2D eigenvalue weighted by Gasteiger charge is -2.35. The van der Waals surface area contributed by atoms with Crippen molar-refractivity contribution in [1.29, 1.82) is 0 Å². The van der Waals surface area contributed by atoms with Crippen molar-refractivity contribution in [1.82, 2.24) is 24.7 Å². The summed E-state index contributed by atoms with van der Waals surface area (Å²) in [5, 5.41) is 8.88. The Morgan fingerprint density at radius 2 is 1.73 bits per heavy atom. The molecule has 6 rings (SSSR count). The maximum absolute atomic E-state index is 13.6. The first-order valence-corrected chi connectivity index (χ1v) is 13.4. The average molecular weight is 517 g/mol. The third-order valence-electron chi connectivity index (χ3n) is 6.84. The molecule has 11 heteroatoms. The predicted octanol–water partition coefficient (Wildman–Crippen LogP) is 3.28. The minimum atomic E-state index is -3.96. The molecule has 0 unspecified atom stereocenters. The van der Waals surface area contributed by atoms with Crippen molar-refractivity contribution in [3.05, 3.63) is 77.7 Å². The Kier molecular flexibility index (Phi) is 5.45. The lowest BCUT2D eigenvalue weighted by atomic mass is 10.1. The van der Waals surface area contributed by atoms with Crippen LogP contribution in [0.3, 0.4) is 0 Å². The molecule has 1 amide bonds. The van der Waals surface area contributed by atoms with Crippen LogP contribution in [0.15, 0.2) is 75.2 Å². The number of aryl methyl sites for hydroxylation is 2. The summed E-state index contributed by atoms with van der Waals surface area (Å²) in [6, 6.07) is 15.9. The second-order valence-electron chi connectivity index (χ2n) is 9.09. The Balaban J connectivity index is 1.41. The molecule has 1 fully saturated rings. The van der Waals surface area contributed by atoms with Gasteiger partial charge < -0.3 is 14.2 Å². The Hall–Kier alpha value is -4.25. The van der Waals surface area contributed by atoms with E-state index in [2.05, 4.69) is 15.2 Å². The average Bonchev–Trinajstić information content (AvgIpc) is 3.60. The molecule has 188 valence electrons. The van der Waals surface area contributed by atoms with Gasteiger partial charge in [0.15, 0.2) is 11.4 Å². The van der Waals surface area contributed by atoms with E-state index < -0.39 is 9.84 Å². The summed E-state index contributed by atoms with van der Waals surface area (Å²) in [5.41, 5.74) is 2.74. The number of amides is 1. The molecule has 2 aromatic carbocycles. The molecular weight excluding hydrogens is 492 g/mol. The van der Waals surface area contributed by atoms with Gasteiger partial charge in [-0.05, 0) is 61.4 Å². The molecule has 10 nitrogen and oxygen atoms in total. The van der Waals surface area contributed by atoms with Crippen LogP contribution >= 0.6 is 0 Å². The van der Waals surface area contributed by atoms with Gasteiger partial charge in [-0.25, -0.2) is 13.4 Å². The van der Waals surface area contributed by atoms with E-state index in [0.29, 0.717) is 43.3 Å². The molecule has 0 saturated carbocycles. The number of carbonyl (C=O) groups is 1. The van der Waals surface area contributed by atoms with Crippen molar-refractivity contribution in [3.63, 3.8) is 0 Å². The molecule has 0 bridgehead atoms. The van der Waals surface area contributed by atoms with Crippen LogP contribution in [0.5, 0.6) is 0 Å². The first kappa shape index (κ1) is 23.2. The zero-order valence-corrected chi connectivity index (χ0v) is 21.1. The van der Waals surface area contributed by atoms with E-state index in [4.69, 9.17) is 9.40 Å². The quantitative estimate of drug-likeness (QED) is 0.358. The van der Waals surface area contributed by atoms with Crippen LogP contribution in [-0.4, -0.2) is 65.2 Å². The molecule has 0 aliphatic carbocycles. The first-order valence-electron chi connectivity index (χ1n) is 11.9. The molecule has 1 saturated heterocycles. The highest BCUT2D eigenvalue weighted by molar-refractivity contribution is 7.91. The molecule has 3 aromatic heterocycles. The first-order chi connectivity index (χ1) is 17.8. The highest BCUT2D eigenvalue weighted by atomic mass is 32.2. The number of hydrogen-bond acceptors (Lipinski definition) is 8. The molecular formula is C26H24N6O4S. The fourth-order valence-electron chi connectivity index (χ4n) is 4.61. The second kappa shape index (κ2) is 8.70. The molecule has 37 heavy (non-hydrogen) atoms. The summed E-state index contributed by atoms with van der Waals surface area (Å²) in [6.45, 7) is 5.82. The van der Waals surface area contributed by atoms with E-state index in [1.54, 1.807) is 35.2 Å². The number of piperazine rings is 1. The highest BCUT2D eigenvalue weighted by Gasteiger charge is 2.30. The Labute approximate surface area is 213 Å². The predicted molar refractivity (Wildman–Crippen MR) is 136 cm³/mol. The minimum Gasteiger partial charge on any atom is -0.459 e. The van der Waals surface area contributed by atoms with Crippen molar-refractivity contribution < 1.29 is 17.6 Å². The van der Waals surface area contributed by atoms with E-state index in [9.17, 15) is 13.2 Å². The van der Waals surface area contributed by atoms with Crippen LogP contribution in [0.2, 0.25) is 0 Å². The number of para-hydroxylation sites is 1. The largest absolute Gasteiger partial charge is 0.459 e. The van der Waals surface area contributed by atoms with Gasteiger partial charge in [0.1, 0.15) is 5.82 Å². The Morgan fingerprint density at radius 3 is 2.46 bits per heavy atom. The molecule has 0 radical (unpaired) electrons. The number of rotatable bonds is 4. The van der Waals surface area contributed by atoms with Gasteiger partial charge in [0, 0.05) is 31.6 Å². The van der Waals surface area contributed by atoms with Gasteiger partial charge in [0.05, 0.1) is 16.7 Å². The molecule has 0 N–H and O–H groups in total. The lowest BCUT2D eigenvalue weighted by Crippen LogP contribution is -2.49. The van der Waals surface area contributed by atoms with Crippen LogP contribution in [-0.2, 0) is 9.84 Å². The summed E-state index contributed by atoms with van der Waals surface area (Å²) in [4.78, 5) is 21.5. The summed E-state index contributed by atoms with van der Waals surface area (Å²) in [5.74, 6) is 0.789. The van der Waals surface area contributed by atoms with E-state index in [-0.39, 0.29) is 21.5 Å². The zero-order valence-electron chi connectivity index (χ0n) is 20.3. The number of fused-ring (bicyclic) bond motifs is 3. The molecule has 5 aromatic rings. The fourth-order valence-corrected chi connectivity index (χ4v) is 5.93. The smallest absolute Gasteiger partial charge is 0.289 e. The minimum absolute atomic E-state index is 0.152. The van der Waals surface area contributed by atoms with Gasteiger partial charge in [-0.3, -0.25) is 4.79 Å². The van der Waals surface area contributed by atoms with Gasteiger partial charge in [0.2, 0.25) is 14.9 Å². The van der Waals surface area contributed by atoms with Crippen molar-refractivity contribution >= 4 is 38.1 Å². The van der Waals surface area contributed by atoms with Crippen LogP contribution in [0.4, 0.5) is 5.82 Å². The van der Waals surface area contributed by atoms with Crippen LogP contribution < -0.4 is 4.90 Å². The van der Waals surface area contributed by atoms with Crippen molar-refractivity contribution in [2.75, 3.05) is 31.1 Å². The van der Waals surface area contributed by atoms with Crippen molar-refractivity contribution in [3.8, 4) is 0 Å². The number of benzene rings is 2. The number of sulfone groups is 1. The molecule has 0 atom stereocenters. The highest BCUT2D eigenvalue weighted by Crippen LogP contribution is 2.31. The zero-order chi connectivity index (χ0) is 25.7. The number of carbonyl (C=O) groups excluding carboxylic acids is 1. The van der Waals surface area contributed by atoms with Crippen LogP contribution in [0.1, 0.15) is 21.7 Å². The van der Waals surface area contributed by atoms with Crippen LogP contribution in [0.25, 0.3) is 16.6 Å². The SMILES string of the molecule is Cc1ccc(S(=O)(=O)c2nnn3c2nc(N2CCN(C(=O)c4ccco4)CC2)c2ccccc23)cc1C. The number of nitrogens with zero attached hydrogens (tertiary/aromatic N) is 6. The van der Waals surface area contributed by atoms with Gasteiger partial charge in [-0.2, -0.15) is 4.52 Å². The third kappa shape index (κ3) is 3.82. The maximum atomic E-state index is 13.6. The second-order valence-corrected chi connectivity index (χ2v) is 11.0. The third-order valence-corrected chi connectivity index (χ3v) is 8.49. The summed E-state index contributed by atoms with van der Waals surface area (Å²) < 4.78 is 33.9. The van der Waals surface area contributed by atoms with Gasteiger partial charge in [0.25, 0.3) is 5.91 Å². The Bertz CT molecular complexity index is 1750. The topological polar surface area (TPSA) is 114 Å². The van der Waals surface area contributed by atoms with E-state index in [0.717, 1.165) is 16.5 Å². The molecule has 1 aliphatic rings. The number of hydrogen-bond donors (Lipinski definition) is 0. The fraction of sp³-hybridized carbons (Fsp3) is 0.231. The number of aromatic nitrogens is 4. The number of anilines is 1.